The van der Waals surface area contributed by atoms with Gasteiger partial charge in [0.2, 0.25) is 0 Å². The van der Waals surface area contributed by atoms with Crippen LogP contribution in [0.25, 0.3) is 11.0 Å². The Hall–Kier alpha value is -2.83. The van der Waals surface area contributed by atoms with E-state index in [1.165, 1.54) is 0 Å². The van der Waals surface area contributed by atoms with Crippen molar-refractivity contribution >= 4 is 16.9 Å². The Bertz CT molecular complexity index is 990. The summed E-state index contributed by atoms with van der Waals surface area (Å²) in [6.07, 6.45) is 1.63. The number of fused-ring (bicyclic) bond motifs is 1. The van der Waals surface area contributed by atoms with Gasteiger partial charge in [0.05, 0.1) is 12.5 Å². The molecule has 1 fully saturated rings. The van der Waals surface area contributed by atoms with Gasteiger partial charge in [-0.05, 0) is 55.3 Å². The zero-order chi connectivity index (χ0) is 20.9. The van der Waals surface area contributed by atoms with E-state index >= 15 is 0 Å². The van der Waals surface area contributed by atoms with Crippen molar-refractivity contribution in [3.8, 4) is 5.75 Å². The molecule has 1 saturated heterocycles. The molecule has 6 heteroatoms. The summed E-state index contributed by atoms with van der Waals surface area (Å²) >= 11 is 0. The van der Waals surface area contributed by atoms with Gasteiger partial charge < -0.3 is 24.9 Å². The fourth-order valence-corrected chi connectivity index (χ4v) is 3.84. The normalized spacial score (nSPS) is 17.2. The third kappa shape index (κ3) is 4.66. The maximum atomic E-state index is 12.7. The Morgan fingerprint density at radius 3 is 2.77 bits per heavy atom. The average Bonchev–Trinajstić information content (AvgIpc) is 3.41. The number of ether oxygens (including phenoxy) is 2. The van der Waals surface area contributed by atoms with E-state index in [1.807, 2.05) is 55.5 Å². The van der Waals surface area contributed by atoms with Crippen molar-refractivity contribution in [1.82, 2.24) is 5.32 Å². The molecule has 3 aromatic rings. The van der Waals surface area contributed by atoms with E-state index < -0.39 is 5.92 Å². The second-order valence-electron chi connectivity index (χ2n) is 7.60. The second-order valence-corrected chi connectivity index (χ2v) is 7.60. The topological polar surface area (TPSA) is 86.7 Å². The molecule has 0 saturated carbocycles. The fourth-order valence-electron chi connectivity index (χ4n) is 3.84. The Morgan fingerprint density at radius 1 is 1.23 bits per heavy atom. The summed E-state index contributed by atoms with van der Waals surface area (Å²) in [6, 6.07) is 15.6. The summed E-state index contributed by atoms with van der Waals surface area (Å²) in [5.41, 5.74) is 8.40. The van der Waals surface area contributed by atoms with Crippen molar-refractivity contribution in [3.63, 3.8) is 0 Å². The van der Waals surface area contributed by atoms with Crippen LogP contribution in [0.5, 0.6) is 5.75 Å². The molecule has 1 unspecified atom stereocenters. The zero-order valence-corrected chi connectivity index (χ0v) is 17.2. The van der Waals surface area contributed by atoms with Crippen LogP contribution in [0.3, 0.4) is 0 Å². The predicted molar refractivity (Wildman–Crippen MR) is 116 cm³/mol. The van der Waals surface area contributed by atoms with Crippen LogP contribution in [0.4, 0.5) is 0 Å². The van der Waals surface area contributed by atoms with Crippen molar-refractivity contribution < 1.29 is 18.7 Å². The lowest BCUT2D eigenvalue weighted by atomic mass is 9.94. The predicted octanol–water partition coefficient (Wildman–Crippen LogP) is 3.52. The molecule has 30 heavy (non-hydrogen) atoms. The number of benzene rings is 2. The molecule has 4 rings (SSSR count). The molecular weight excluding hydrogens is 380 g/mol. The van der Waals surface area contributed by atoms with E-state index in [-0.39, 0.29) is 12.1 Å². The Balaban J connectivity index is 1.54. The number of carbonyl (C=O) groups is 1. The number of rotatable bonds is 8. The molecule has 1 aromatic heterocycles. The van der Waals surface area contributed by atoms with Gasteiger partial charge in [0.1, 0.15) is 23.2 Å². The summed E-state index contributed by atoms with van der Waals surface area (Å²) in [5, 5.41) is 4.29. The van der Waals surface area contributed by atoms with Gasteiger partial charge >= 0.3 is 5.97 Å². The zero-order valence-electron chi connectivity index (χ0n) is 17.2. The maximum Gasteiger partial charge on any atom is 0.313 e. The van der Waals surface area contributed by atoms with Gasteiger partial charge in [0.25, 0.3) is 0 Å². The highest BCUT2D eigenvalue weighted by Gasteiger charge is 2.25. The smallest absolute Gasteiger partial charge is 0.313 e. The molecular formula is C24H28N2O4. The van der Waals surface area contributed by atoms with E-state index in [1.54, 1.807) is 0 Å². The molecule has 2 heterocycles. The minimum Gasteiger partial charge on any atom is -0.489 e. The number of hydrogen-bond acceptors (Lipinski definition) is 6. The van der Waals surface area contributed by atoms with Crippen LogP contribution in [0.2, 0.25) is 0 Å². The number of carbonyl (C=O) groups excluding carboxylic acids is 1. The third-order valence-electron chi connectivity index (χ3n) is 5.45. The molecule has 2 atom stereocenters. The average molecular weight is 408 g/mol. The highest BCUT2D eigenvalue weighted by Crippen LogP contribution is 2.29. The van der Waals surface area contributed by atoms with Crippen LogP contribution in [-0.4, -0.2) is 31.8 Å². The lowest BCUT2D eigenvalue weighted by molar-refractivity contribution is -0.145. The monoisotopic (exact) mass is 408 g/mol. The lowest BCUT2D eigenvalue weighted by Gasteiger charge is -2.17. The van der Waals surface area contributed by atoms with Crippen LogP contribution in [0.1, 0.15) is 36.1 Å². The molecule has 158 valence electrons. The van der Waals surface area contributed by atoms with Crippen LogP contribution >= 0.6 is 0 Å². The number of nitrogens with one attached hydrogen (secondary N) is 1. The largest absolute Gasteiger partial charge is 0.489 e. The van der Waals surface area contributed by atoms with E-state index in [9.17, 15) is 4.79 Å². The van der Waals surface area contributed by atoms with Gasteiger partial charge in [-0.2, -0.15) is 0 Å². The van der Waals surface area contributed by atoms with Crippen molar-refractivity contribution in [2.75, 3.05) is 19.7 Å². The molecule has 1 aliphatic heterocycles. The Labute approximate surface area is 176 Å². The quantitative estimate of drug-likeness (QED) is 0.555. The third-order valence-corrected chi connectivity index (χ3v) is 5.45. The SMILES string of the molecule is CCOC(=O)C(Cc1cc2ccc(CN)cc2o1)c1ccc(O[C@H]2CCNC2)cc1. The van der Waals surface area contributed by atoms with E-state index in [2.05, 4.69) is 5.32 Å². The van der Waals surface area contributed by atoms with Crippen molar-refractivity contribution in [1.29, 1.82) is 0 Å². The molecule has 0 bridgehead atoms. The van der Waals surface area contributed by atoms with Gasteiger partial charge in [-0.1, -0.05) is 24.3 Å². The van der Waals surface area contributed by atoms with E-state index in [4.69, 9.17) is 19.6 Å². The van der Waals surface area contributed by atoms with Gasteiger partial charge in [-0.15, -0.1) is 0 Å². The minimum atomic E-state index is -0.443. The van der Waals surface area contributed by atoms with Gasteiger partial charge in [-0.25, -0.2) is 0 Å². The summed E-state index contributed by atoms with van der Waals surface area (Å²) < 4.78 is 17.3. The van der Waals surface area contributed by atoms with Crippen LogP contribution in [0.15, 0.2) is 52.9 Å². The number of esters is 1. The van der Waals surface area contributed by atoms with Crippen LogP contribution in [0, 0.1) is 0 Å². The molecule has 0 amide bonds. The van der Waals surface area contributed by atoms with Crippen LogP contribution in [-0.2, 0) is 22.5 Å². The molecule has 0 aliphatic carbocycles. The van der Waals surface area contributed by atoms with Crippen molar-refractivity contribution in [2.24, 2.45) is 5.73 Å². The molecule has 3 N–H and O–H groups in total. The summed E-state index contributed by atoms with van der Waals surface area (Å²) in [5.74, 6) is 0.860. The first-order valence-corrected chi connectivity index (χ1v) is 10.5. The van der Waals surface area contributed by atoms with Gasteiger partial charge in [0.15, 0.2) is 0 Å². The van der Waals surface area contributed by atoms with Crippen LogP contribution < -0.4 is 15.8 Å². The molecule has 1 aliphatic rings. The number of hydrogen-bond donors (Lipinski definition) is 2. The standard InChI is InChI=1S/C24H28N2O4/c1-2-28-24(27)22(13-21-12-18-4-3-16(14-25)11-23(18)30-21)17-5-7-19(8-6-17)29-20-9-10-26-15-20/h3-8,11-12,20,22,26H,2,9-10,13-15,25H2,1H3/t20-,22?/m0/s1. The van der Waals surface area contributed by atoms with Gasteiger partial charge in [-0.3, -0.25) is 4.79 Å². The first-order chi connectivity index (χ1) is 14.7. The lowest BCUT2D eigenvalue weighted by Crippen LogP contribution is -2.20. The maximum absolute atomic E-state index is 12.7. The first kappa shape index (κ1) is 20.4. The Morgan fingerprint density at radius 2 is 2.07 bits per heavy atom. The summed E-state index contributed by atoms with van der Waals surface area (Å²) in [7, 11) is 0. The number of furan rings is 1. The first-order valence-electron chi connectivity index (χ1n) is 10.5. The summed E-state index contributed by atoms with van der Waals surface area (Å²) in [4.78, 5) is 12.7. The fraction of sp³-hybridized carbons (Fsp3) is 0.375. The molecule has 6 nitrogen and oxygen atoms in total. The molecule has 0 radical (unpaired) electrons. The highest BCUT2D eigenvalue weighted by atomic mass is 16.5. The van der Waals surface area contributed by atoms with Gasteiger partial charge in [0, 0.05) is 24.9 Å². The van der Waals surface area contributed by atoms with Crippen molar-refractivity contribution in [2.45, 2.75) is 38.3 Å². The number of nitrogens with two attached hydrogens (primary N) is 1. The molecule has 2 aromatic carbocycles. The summed E-state index contributed by atoms with van der Waals surface area (Å²) in [6.45, 7) is 4.47. The molecule has 0 spiro atoms. The Kier molecular flexibility index (Phi) is 6.35. The van der Waals surface area contributed by atoms with E-state index in [0.29, 0.717) is 19.6 Å². The highest BCUT2D eigenvalue weighted by molar-refractivity contribution is 5.81. The van der Waals surface area contributed by atoms with E-state index in [0.717, 1.165) is 53.1 Å². The second kappa shape index (κ2) is 9.32. The van der Waals surface area contributed by atoms with Crippen molar-refractivity contribution in [3.05, 3.63) is 65.4 Å². The minimum absolute atomic E-state index is 0.200.